The smallest absolute Gasteiger partial charge is 0.254 e. The number of hydrogen-bond donors (Lipinski definition) is 1. The van der Waals surface area contributed by atoms with Crippen LogP contribution < -0.4 is 4.72 Å². The van der Waals surface area contributed by atoms with E-state index in [0.29, 0.717) is 17.9 Å². The van der Waals surface area contributed by atoms with E-state index in [4.69, 9.17) is 6.42 Å². The number of amides is 1. The second kappa shape index (κ2) is 7.66. The molecule has 1 atom stereocenters. The molecule has 1 fully saturated rings. The molecule has 1 aromatic carbocycles. The number of likely N-dealkylation sites (tertiary alicyclic amines) is 1. The molecule has 9 heteroatoms. The van der Waals surface area contributed by atoms with E-state index in [-0.39, 0.29) is 23.4 Å². The van der Waals surface area contributed by atoms with Crippen LogP contribution in [0.15, 0.2) is 53.6 Å². The zero-order valence-electron chi connectivity index (χ0n) is 15.5. The molecule has 1 aliphatic rings. The predicted molar refractivity (Wildman–Crippen MR) is 106 cm³/mol. The lowest BCUT2D eigenvalue weighted by Crippen LogP contribution is -2.32. The quantitative estimate of drug-likeness (QED) is 0.646. The number of carbonyl (C=O) groups is 1. The van der Waals surface area contributed by atoms with E-state index in [1.165, 1.54) is 12.1 Å². The van der Waals surface area contributed by atoms with Gasteiger partial charge in [0.1, 0.15) is 0 Å². The van der Waals surface area contributed by atoms with Gasteiger partial charge in [-0.3, -0.25) is 9.20 Å². The van der Waals surface area contributed by atoms with Gasteiger partial charge in [0.15, 0.2) is 11.5 Å². The molecule has 29 heavy (non-hydrogen) atoms. The van der Waals surface area contributed by atoms with Gasteiger partial charge in [-0.2, -0.15) is 4.72 Å². The number of aromatic nitrogens is 3. The Kier molecular flexibility index (Phi) is 5.05. The lowest BCUT2D eigenvalue weighted by atomic mass is 10.1. The maximum Gasteiger partial charge on any atom is 0.254 e. The SMILES string of the molecule is C#CCNS(=O)(=O)c1cccc(C(=O)N2CCCC2c2nnc3ccccn23)c1. The van der Waals surface area contributed by atoms with Crippen molar-refractivity contribution in [3.8, 4) is 12.3 Å². The largest absolute Gasteiger partial charge is 0.328 e. The van der Waals surface area contributed by atoms with Gasteiger partial charge in [0, 0.05) is 18.3 Å². The topological polar surface area (TPSA) is 96.7 Å². The molecule has 3 aromatic rings. The molecule has 1 N–H and O–H groups in total. The van der Waals surface area contributed by atoms with Gasteiger partial charge >= 0.3 is 0 Å². The summed E-state index contributed by atoms with van der Waals surface area (Å²) in [6, 6.07) is 11.4. The highest BCUT2D eigenvalue weighted by Crippen LogP contribution is 2.32. The average Bonchev–Trinajstić information content (AvgIpc) is 3.38. The summed E-state index contributed by atoms with van der Waals surface area (Å²) in [5, 5.41) is 8.46. The van der Waals surface area contributed by atoms with Crippen LogP contribution in [0.2, 0.25) is 0 Å². The van der Waals surface area contributed by atoms with Crippen molar-refractivity contribution in [1.82, 2.24) is 24.2 Å². The highest BCUT2D eigenvalue weighted by molar-refractivity contribution is 7.89. The van der Waals surface area contributed by atoms with Crippen molar-refractivity contribution in [2.45, 2.75) is 23.8 Å². The molecule has 0 spiro atoms. The molecule has 8 nitrogen and oxygen atoms in total. The fourth-order valence-electron chi connectivity index (χ4n) is 3.55. The van der Waals surface area contributed by atoms with Crippen LogP contribution in [0, 0.1) is 12.3 Å². The molecule has 1 saturated heterocycles. The third-order valence-electron chi connectivity index (χ3n) is 4.91. The normalized spacial score (nSPS) is 16.8. The number of benzene rings is 1. The minimum Gasteiger partial charge on any atom is -0.328 e. The first kappa shape index (κ1) is 19.1. The monoisotopic (exact) mass is 409 g/mol. The van der Waals surface area contributed by atoms with Crippen LogP contribution in [0.4, 0.5) is 0 Å². The molecule has 0 saturated carbocycles. The molecular formula is C20H19N5O3S. The Balaban J connectivity index is 1.64. The number of fused-ring (bicyclic) bond motifs is 1. The number of carbonyl (C=O) groups excluding carboxylic acids is 1. The highest BCUT2D eigenvalue weighted by Gasteiger charge is 2.34. The van der Waals surface area contributed by atoms with Gasteiger partial charge < -0.3 is 4.90 Å². The molecule has 3 heterocycles. The zero-order chi connectivity index (χ0) is 20.4. The number of nitrogens with zero attached hydrogens (tertiary/aromatic N) is 4. The Morgan fingerprint density at radius 1 is 1.24 bits per heavy atom. The van der Waals surface area contributed by atoms with Crippen LogP contribution >= 0.6 is 0 Å². The standard InChI is InChI=1S/C20H19N5O3S/c1-2-11-21-29(27,28)16-8-5-7-15(14-16)20(26)24-13-6-9-17(24)19-23-22-18-10-3-4-12-25(18)19/h1,3-5,7-8,10,12,14,17,21H,6,9,11,13H2. The maximum atomic E-state index is 13.2. The first-order valence-corrected chi connectivity index (χ1v) is 10.6. The number of pyridine rings is 1. The van der Waals surface area contributed by atoms with Crippen molar-refractivity contribution >= 4 is 21.6 Å². The van der Waals surface area contributed by atoms with Crippen LogP contribution in [0.5, 0.6) is 0 Å². The summed E-state index contributed by atoms with van der Waals surface area (Å²) < 4.78 is 28.8. The van der Waals surface area contributed by atoms with Crippen LogP contribution in [0.1, 0.15) is 35.1 Å². The number of hydrogen-bond acceptors (Lipinski definition) is 5. The summed E-state index contributed by atoms with van der Waals surface area (Å²) in [5.74, 6) is 2.69. The average molecular weight is 409 g/mol. The summed E-state index contributed by atoms with van der Waals surface area (Å²) in [7, 11) is -3.78. The Hall–Kier alpha value is -3.22. The molecule has 148 valence electrons. The fraction of sp³-hybridized carbons (Fsp3) is 0.250. The molecule has 0 aliphatic carbocycles. The second-order valence-electron chi connectivity index (χ2n) is 6.70. The predicted octanol–water partition coefficient (Wildman–Crippen LogP) is 1.62. The lowest BCUT2D eigenvalue weighted by molar-refractivity contribution is 0.0729. The summed E-state index contributed by atoms with van der Waals surface area (Å²) in [4.78, 5) is 14.9. The number of sulfonamides is 1. The summed E-state index contributed by atoms with van der Waals surface area (Å²) in [5.41, 5.74) is 1.02. The van der Waals surface area contributed by atoms with Crippen LogP contribution in [-0.2, 0) is 10.0 Å². The molecular weight excluding hydrogens is 390 g/mol. The Bertz CT molecular complexity index is 1210. The number of terminal acetylenes is 1. The highest BCUT2D eigenvalue weighted by atomic mass is 32.2. The second-order valence-corrected chi connectivity index (χ2v) is 8.47. The third kappa shape index (κ3) is 3.60. The van der Waals surface area contributed by atoms with Crippen molar-refractivity contribution < 1.29 is 13.2 Å². The van der Waals surface area contributed by atoms with Gasteiger partial charge in [-0.15, -0.1) is 16.6 Å². The van der Waals surface area contributed by atoms with E-state index < -0.39 is 10.0 Å². The number of nitrogens with one attached hydrogen (secondary N) is 1. The van der Waals surface area contributed by atoms with Gasteiger partial charge in [-0.25, -0.2) is 8.42 Å². The van der Waals surface area contributed by atoms with E-state index in [9.17, 15) is 13.2 Å². The first-order valence-electron chi connectivity index (χ1n) is 9.15. The van der Waals surface area contributed by atoms with Gasteiger partial charge in [-0.05, 0) is 43.2 Å². The van der Waals surface area contributed by atoms with Crippen molar-refractivity contribution in [3.63, 3.8) is 0 Å². The molecule has 0 radical (unpaired) electrons. The molecule has 1 aliphatic heterocycles. The minimum absolute atomic E-state index is 0.00211. The van der Waals surface area contributed by atoms with Gasteiger partial charge in [-0.1, -0.05) is 18.1 Å². The van der Waals surface area contributed by atoms with Crippen molar-refractivity contribution in [3.05, 3.63) is 60.0 Å². The van der Waals surface area contributed by atoms with E-state index in [0.717, 1.165) is 18.5 Å². The Morgan fingerprint density at radius 3 is 2.93 bits per heavy atom. The molecule has 4 rings (SSSR count). The van der Waals surface area contributed by atoms with E-state index >= 15 is 0 Å². The Morgan fingerprint density at radius 2 is 2.10 bits per heavy atom. The number of rotatable bonds is 5. The van der Waals surface area contributed by atoms with Crippen molar-refractivity contribution in [2.24, 2.45) is 0 Å². The summed E-state index contributed by atoms with van der Waals surface area (Å²) >= 11 is 0. The van der Waals surface area contributed by atoms with Crippen LogP contribution in [0.3, 0.4) is 0 Å². The molecule has 1 unspecified atom stereocenters. The van der Waals surface area contributed by atoms with Crippen LogP contribution in [0.25, 0.3) is 5.65 Å². The van der Waals surface area contributed by atoms with Crippen LogP contribution in [-0.4, -0.2) is 46.9 Å². The summed E-state index contributed by atoms with van der Waals surface area (Å²) in [6.45, 7) is 0.451. The summed E-state index contributed by atoms with van der Waals surface area (Å²) in [6.07, 6.45) is 8.60. The first-order chi connectivity index (χ1) is 14.0. The van der Waals surface area contributed by atoms with E-state index in [1.807, 2.05) is 28.8 Å². The zero-order valence-corrected chi connectivity index (χ0v) is 16.3. The van der Waals surface area contributed by atoms with E-state index in [1.54, 1.807) is 17.0 Å². The molecule has 2 aromatic heterocycles. The third-order valence-corrected chi connectivity index (χ3v) is 6.31. The van der Waals surface area contributed by atoms with Crippen molar-refractivity contribution in [1.29, 1.82) is 0 Å². The minimum atomic E-state index is -3.78. The van der Waals surface area contributed by atoms with Gasteiger partial charge in [0.2, 0.25) is 10.0 Å². The van der Waals surface area contributed by atoms with Gasteiger partial charge in [0.25, 0.3) is 5.91 Å². The molecule has 1 amide bonds. The lowest BCUT2D eigenvalue weighted by Gasteiger charge is -2.23. The Labute approximate surface area is 168 Å². The van der Waals surface area contributed by atoms with E-state index in [2.05, 4.69) is 20.8 Å². The van der Waals surface area contributed by atoms with Gasteiger partial charge in [0.05, 0.1) is 17.5 Å². The maximum absolute atomic E-state index is 13.2. The fourth-order valence-corrected chi connectivity index (χ4v) is 4.53. The van der Waals surface area contributed by atoms with Crippen molar-refractivity contribution in [2.75, 3.05) is 13.1 Å². The molecule has 0 bridgehead atoms.